The lowest BCUT2D eigenvalue weighted by molar-refractivity contribution is 0.196. The Morgan fingerprint density at radius 2 is 2.36 bits per heavy atom. The van der Waals surface area contributed by atoms with E-state index in [0.29, 0.717) is 26.1 Å². The summed E-state index contributed by atoms with van der Waals surface area (Å²) in [6.45, 7) is 2.42. The Morgan fingerprint density at radius 1 is 1.57 bits per heavy atom. The molecule has 2 N–H and O–H groups in total. The van der Waals surface area contributed by atoms with E-state index >= 15 is 0 Å². The Balaban J connectivity index is 2.26. The number of sulfonamides is 1. The van der Waals surface area contributed by atoms with Crippen molar-refractivity contribution in [3.05, 3.63) is 0 Å². The number of rotatable bonds is 6. The second kappa shape index (κ2) is 5.65. The Bertz CT molecular complexity index is 247. The van der Waals surface area contributed by atoms with Gasteiger partial charge in [-0.25, -0.2) is 13.1 Å². The van der Waals surface area contributed by atoms with Crippen LogP contribution in [0, 0.1) is 0 Å². The molecular weight excluding hydrogens is 204 g/mol. The minimum Gasteiger partial charge on any atom is -0.385 e. The first-order chi connectivity index (χ1) is 6.67. The quantitative estimate of drug-likeness (QED) is 0.583. The van der Waals surface area contributed by atoms with Crippen LogP contribution in [0.4, 0.5) is 0 Å². The normalized spacial score (nSPS) is 22.8. The van der Waals surface area contributed by atoms with Gasteiger partial charge >= 0.3 is 0 Å². The highest BCUT2D eigenvalue weighted by Gasteiger charge is 2.27. The number of hydrogen-bond acceptors (Lipinski definition) is 4. The Kier molecular flexibility index (Phi) is 4.80. The van der Waals surface area contributed by atoms with Crippen LogP contribution >= 0.6 is 0 Å². The van der Waals surface area contributed by atoms with E-state index in [9.17, 15) is 8.42 Å². The third kappa shape index (κ3) is 3.53. The van der Waals surface area contributed by atoms with E-state index in [0.717, 1.165) is 13.0 Å². The zero-order chi connectivity index (χ0) is 10.4. The Labute approximate surface area is 85.3 Å². The molecule has 0 spiro atoms. The number of hydrogen-bond donors (Lipinski definition) is 2. The molecule has 0 amide bonds. The Morgan fingerprint density at radius 3 is 2.93 bits per heavy atom. The highest BCUT2D eigenvalue weighted by atomic mass is 32.2. The predicted molar refractivity (Wildman–Crippen MR) is 54.7 cm³/mol. The molecule has 1 rings (SSSR count). The molecule has 84 valence electrons. The van der Waals surface area contributed by atoms with Crippen molar-refractivity contribution < 1.29 is 13.2 Å². The molecule has 1 unspecified atom stereocenters. The summed E-state index contributed by atoms with van der Waals surface area (Å²) in [5.41, 5.74) is 0. The van der Waals surface area contributed by atoms with Crippen LogP contribution in [0.3, 0.4) is 0 Å². The van der Waals surface area contributed by atoms with Gasteiger partial charge in [0.25, 0.3) is 0 Å². The molecule has 0 radical (unpaired) electrons. The smallest absolute Gasteiger partial charge is 0.215 e. The molecular formula is C8H18N2O3S. The summed E-state index contributed by atoms with van der Waals surface area (Å²) in [5.74, 6) is 0. The van der Waals surface area contributed by atoms with Crippen LogP contribution < -0.4 is 10.0 Å². The molecule has 1 heterocycles. The average Bonchev–Trinajstić information content (AvgIpc) is 2.65. The van der Waals surface area contributed by atoms with Crippen molar-refractivity contribution in [1.82, 2.24) is 10.0 Å². The lowest BCUT2D eigenvalue weighted by atomic mass is 10.4. The molecule has 6 heteroatoms. The van der Waals surface area contributed by atoms with E-state index in [1.165, 1.54) is 0 Å². The van der Waals surface area contributed by atoms with Crippen molar-refractivity contribution in [1.29, 1.82) is 0 Å². The second-order valence-electron chi connectivity index (χ2n) is 3.40. The third-order valence-electron chi connectivity index (χ3n) is 2.28. The summed E-state index contributed by atoms with van der Waals surface area (Å²) in [7, 11) is -1.50. The molecule has 0 saturated carbocycles. The van der Waals surface area contributed by atoms with Gasteiger partial charge in [-0.05, 0) is 19.4 Å². The van der Waals surface area contributed by atoms with Gasteiger partial charge in [-0.15, -0.1) is 0 Å². The van der Waals surface area contributed by atoms with Crippen LogP contribution in [0.5, 0.6) is 0 Å². The molecule has 0 aromatic heterocycles. The molecule has 1 aliphatic rings. The fourth-order valence-corrected chi connectivity index (χ4v) is 2.87. The van der Waals surface area contributed by atoms with Crippen LogP contribution in [0.2, 0.25) is 0 Å². The first-order valence-corrected chi connectivity index (χ1v) is 6.39. The summed E-state index contributed by atoms with van der Waals surface area (Å²) < 4.78 is 30.6. The van der Waals surface area contributed by atoms with Crippen LogP contribution in [-0.2, 0) is 14.8 Å². The van der Waals surface area contributed by atoms with Crippen molar-refractivity contribution in [2.24, 2.45) is 0 Å². The molecule has 1 saturated heterocycles. The number of ether oxygens (including phenoxy) is 1. The zero-order valence-corrected chi connectivity index (χ0v) is 9.27. The number of nitrogens with one attached hydrogen (secondary N) is 2. The van der Waals surface area contributed by atoms with Crippen LogP contribution in [-0.4, -0.2) is 47.0 Å². The van der Waals surface area contributed by atoms with Crippen molar-refractivity contribution in [3.8, 4) is 0 Å². The minimum absolute atomic E-state index is 0.259. The highest BCUT2D eigenvalue weighted by Crippen LogP contribution is 2.07. The molecule has 0 aromatic rings. The molecule has 0 bridgehead atoms. The monoisotopic (exact) mass is 222 g/mol. The summed E-state index contributed by atoms with van der Waals surface area (Å²) in [6.07, 6.45) is 1.43. The van der Waals surface area contributed by atoms with E-state index in [4.69, 9.17) is 4.74 Å². The summed E-state index contributed by atoms with van der Waals surface area (Å²) >= 11 is 0. The van der Waals surface area contributed by atoms with Crippen molar-refractivity contribution in [2.75, 3.05) is 33.4 Å². The van der Waals surface area contributed by atoms with Gasteiger partial charge in [-0.2, -0.15) is 0 Å². The van der Waals surface area contributed by atoms with Crippen LogP contribution in [0.1, 0.15) is 12.8 Å². The van der Waals surface area contributed by atoms with Gasteiger partial charge in [-0.3, -0.25) is 0 Å². The van der Waals surface area contributed by atoms with Crippen molar-refractivity contribution in [3.63, 3.8) is 0 Å². The molecule has 0 aromatic carbocycles. The van der Waals surface area contributed by atoms with Gasteiger partial charge in [-0.1, -0.05) is 0 Å². The molecule has 1 atom stereocenters. The van der Waals surface area contributed by atoms with E-state index in [1.54, 1.807) is 7.11 Å². The fourth-order valence-electron chi connectivity index (χ4n) is 1.44. The van der Waals surface area contributed by atoms with E-state index in [2.05, 4.69) is 10.0 Å². The molecule has 1 fully saturated rings. The molecule has 1 aliphatic heterocycles. The molecule has 0 aliphatic carbocycles. The predicted octanol–water partition coefficient (Wildman–Crippen LogP) is -0.696. The lowest BCUT2D eigenvalue weighted by Gasteiger charge is -2.11. The summed E-state index contributed by atoms with van der Waals surface area (Å²) in [5, 5.41) is 2.78. The van der Waals surface area contributed by atoms with Crippen LogP contribution in [0.25, 0.3) is 0 Å². The zero-order valence-electron chi connectivity index (χ0n) is 8.45. The molecule has 5 nitrogen and oxygen atoms in total. The SMILES string of the molecule is COCCCNS(=O)(=O)C1CCNC1. The molecule has 14 heavy (non-hydrogen) atoms. The first kappa shape index (κ1) is 11.9. The first-order valence-electron chi connectivity index (χ1n) is 4.85. The maximum atomic E-state index is 11.6. The van der Waals surface area contributed by atoms with E-state index in [-0.39, 0.29) is 5.25 Å². The number of methoxy groups -OCH3 is 1. The standard InChI is InChI=1S/C8H18N2O3S/c1-13-6-2-4-10-14(11,12)8-3-5-9-7-8/h8-10H,2-7H2,1H3. The lowest BCUT2D eigenvalue weighted by Crippen LogP contribution is -2.36. The van der Waals surface area contributed by atoms with Gasteiger partial charge in [0, 0.05) is 26.8 Å². The van der Waals surface area contributed by atoms with Gasteiger partial charge in [0.05, 0.1) is 5.25 Å². The Hall–Kier alpha value is -0.170. The maximum absolute atomic E-state index is 11.6. The fraction of sp³-hybridized carbons (Fsp3) is 1.00. The largest absolute Gasteiger partial charge is 0.385 e. The van der Waals surface area contributed by atoms with E-state index < -0.39 is 10.0 Å². The second-order valence-corrected chi connectivity index (χ2v) is 5.45. The van der Waals surface area contributed by atoms with Crippen LogP contribution in [0.15, 0.2) is 0 Å². The highest BCUT2D eigenvalue weighted by molar-refractivity contribution is 7.90. The third-order valence-corrected chi connectivity index (χ3v) is 4.17. The van der Waals surface area contributed by atoms with Gasteiger partial charge < -0.3 is 10.1 Å². The van der Waals surface area contributed by atoms with Crippen molar-refractivity contribution >= 4 is 10.0 Å². The topological polar surface area (TPSA) is 67.4 Å². The summed E-state index contributed by atoms with van der Waals surface area (Å²) in [4.78, 5) is 0. The minimum atomic E-state index is -3.11. The van der Waals surface area contributed by atoms with Crippen molar-refractivity contribution in [2.45, 2.75) is 18.1 Å². The van der Waals surface area contributed by atoms with Gasteiger partial charge in [0.15, 0.2) is 0 Å². The van der Waals surface area contributed by atoms with E-state index in [1.807, 2.05) is 0 Å². The summed E-state index contributed by atoms with van der Waals surface area (Å²) in [6, 6.07) is 0. The van der Waals surface area contributed by atoms with Gasteiger partial charge in [0.1, 0.15) is 0 Å². The maximum Gasteiger partial charge on any atom is 0.215 e. The van der Waals surface area contributed by atoms with Gasteiger partial charge in [0.2, 0.25) is 10.0 Å². The average molecular weight is 222 g/mol.